The summed E-state index contributed by atoms with van der Waals surface area (Å²) in [5, 5.41) is 10.6. The van der Waals surface area contributed by atoms with Gasteiger partial charge in [0.1, 0.15) is 19.3 Å². The Bertz CT molecular complexity index is 1730. The zero-order chi connectivity index (χ0) is 65.7. The molecule has 0 saturated carbocycles. The first-order valence-corrected chi connectivity index (χ1v) is 39.5. The molecule has 528 valence electrons. The van der Waals surface area contributed by atoms with Crippen molar-refractivity contribution >= 4 is 39.5 Å². The second kappa shape index (κ2) is 62.2. The van der Waals surface area contributed by atoms with Crippen LogP contribution in [0.3, 0.4) is 0 Å². The first kappa shape index (κ1) is 87.1. The molecule has 0 aliphatic rings. The third kappa shape index (κ3) is 64.6. The first-order valence-electron chi connectivity index (χ1n) is 36.5. The van der Waals surface area contributed by atoms with Gasteiger partial charge in [0, 0.05) is 25.7 Å². The number of carbonyl (C=O) groups excluding carboxylic acids is 4. The highest BCUT2D eigenvalue weighted by molar-refractivity contribution is 7.47. The van der Waals surface area contributed by atoms with Crippen molar-refractivity contribution in [3.8, 4) is 0 Å². The van der Waals surface area contributed by atoms with Crippen molar-refractivity contribution in [1.29, 1.82) is 0 Å². The maximum atomic E-state index is 13.0. The number of esters is 4. The molecule has 3 N–H and O–H groups in total. The fourth-order valence-electron chi connectivity index (χ4n) is 10.6. The van der Waals surface area contributed by atoms with Gasteiger partial charge in [-0.1, -0.05) is 305 Å². The Morgan fingerprint density at radius 2 is 0.517 bits per heavy atom. The van der Waals surface area contributed by atoms with Crippen LogP contribution in [0.4, 0.5) is 0 Å². The minimum atomic E-state index is -4.95. The van der Waals surface area contributed by atoms with Crippen LogP contribution in [-0.2, 0) is 65.4 Å². The van der Waals surface area contributed by atoms with E-state index in [4.69, 9.17) is 37.0 Å². The molecule has 0 spiro atoms. The van der Waals surface area contributed by atoms with Gasteiger partial charge < -0.3 is 33.8 Å². The summed E-state index contributed by atoms with van der Waals surface area (Å²) in [6.45, 7) is 9.46. The van der Waals surface area contributed by atoms with E-state index in [1.54, 1.807) is 0 Å². The zero-order valence-electron chi connectivity index (χ0n) is 57.7. The van der Waals surface area contributed by atoms with Gasteiger partial charge in [-0.3, -0.25) is 37.3 Å². The molecule has 0 rings (SSSR count). The summed E-state index contributed by atoms with van der Waals surface area (Å²) in [7, 11) is -9.89. The summed E-state index contributed by atoms with van der Waals surface area (Å²) in [5.41, 5.74) is 0. The molecule has 5 atom stereocenters. The van der Waals surface area contributed by atoms with Crippen molar-refractivity contribution in [2.45, 2.75) is 374 Å². The van der Waals surface area contributed by atoms with E-state index in [2.05, 4.69) is 41.5 Å². The second-order valence-electron chi connectivity index (χ2n) is 26.2. The van der Waals surface area contributed by atoms with Gasteiger partial charge in [-0.05, 0) is 37.5 Å². The minimum absolute atomic E-state index is 0.102. The fourth-order valence-corrected chi connectivity index (χ4v) is 12.2. The van der Waals surface area contributed by atoms with Crippen LogP contribution in [0.25, 0.3) is 0 Å². The van der Waals surface area contributed by atoms with Crippen molar-refractivity contribution in [3.05, 3.63) is 0 Å². The topological polar surface area (TPSA) is 237 Å². The van der Waals surface area contributed by atoms with Crippen molar-refractivity contribution in [1.82, 2.24) is 0 Å². The number of phosphoric ester groups is 2. The molecule has 0 aromatic carbocycles. The van der Waals surface area contributed by atoms with Gasteiger partial charge in [-0.15, -0.1) is 0 Å². The van der Waals surface area contributed by atoms with Crippen LogP contribution < -0.4 is 0 Å². The van der Waals surface area contributed by atoms with E-state index in [0.29, 0.717) is 31.6 Å². The number of hydrogen-bond acceptors (Lipinski definition) is 15. The lowest BCUT2D eigenvalue weighted by Gasteiger charge is -2.21. The maximum absolute atomic E-state index is 13.0. The summed E-state index contributed by atoms with van der Waals surface area (Å²) >= 11 is 0. The number of aliphatic hydroxyl groups excluding tert-OH is 1. The molecule has 2 unspecified atom stereocenters. The molecular weight excluding hydrogens is 1170 g/mol. The summed E-state index contributed by atoms with van der Waals surface area (Å²) < 4.78 is 68.1. The van der Waals surface area contributed by atoms with Gasteiger partial charge >= 0.3 is 39.5 Å². The van der Waals surface area contributed by atoms with Crippen LogP contribution >= 0.6 is 15.6 Å². The van der Waals surface area contributed by atoms with E-state index in [-0.39, 0.29) is 25.7 Å². The van der Waals surface area contributed by atoms with Gasteiger partial charge in [0.15, 0.2) is 12.2 Å². The summed E-state index contributed by atoms with van der Waals surface area (Å²) in [6.07, 6.45) is 47.5. The van der Waals surface area contributed by atoms with Crippen LogP contribution in [0.5, 0.6) is 0 Å². The van der Waals surface area contributed by atoms with Crippen molar-refractivity contribution in [2.24, 2.45) is 11.8 Å². The quantitative estimate of drug-likeness (QED) is 0.0222. The third-order valence-electron chi connectivity index (χ3n) is 16.2. The molecule has 0 radical (unpaired) electrons. The molecule has 0 aromatic heterocycles. The van der Waals surface area contributed by atoms with Crippen LogP contribution in [-0.4, -0.2) is 96.7 Å². The molecule has 0 aliphatic carbocycles. The Balaban J connectivity index is 5.13. The Morgan fingerprint density at radius 3 is 0.764 bits per heavy atom. The number of aliphatic hydroxyl groups is 1. The zero-order valence-corrected chi connectivity index (χ0v) is 59.5. The van der Waals surface area contributed by atoms with Crippen LogP contribution in [0.2, 0.25) is 0 Å². The van der Waals surface area contributed by atoms with Gasteiger partial charge in [0.25, 0.3) is 0 Å². The minimum Gasteiger partial charge on any atom is -0.462 e. The van der Waals surface area contributed by atoms with E-state index in [1.165, 1.54) is 167 Å². The number of unbranched alkanes of at least 4 members (excludes halogenated alkanes) is 39. The van der Waals surface area contributed by atoms with Crippen molar-refractivity contribution in [3.63, 3.8) is 0 Å². The lowest BCUT2D eigenvalue weighted by atomic mass is 10.0. The molecule has 0 aromatic rings. The highest BCUT2D eigenvalue weighted by atomic mass is 31.2. The van der Waals surface area contributed by atoms with Crippen molar-refractivity contribution in [2.75, 3.05) is 39.6 Å². The highest BCUT2D eigenvalue weighted by Gasteiger charge is 2.30. The van der Waals surface area contributed by atoms with E-state index < -0.39 is 97.5 Å². The number of phosphoric acid groups is 2. The molecule has 19 heteroatoms. The molecule has 0 fully saturated rings. The lowest BCUT2D eigenvalue weighted by Crippen LogP contribution is -2.30. The molecule has 0 amide bonds. The Labute approximate surface area is 543 Å². The largest absolute Gasteiger partial charge is 0.472 e. The molecule has 0 aliphatic heterocycles. The Hall–Kier alpha value is -1.94. The summed E-state index contributed by atoms with van der Waals surface area (Å²) in [4.78, 5) is 72.3. The smallest absolute Gasteiger partial charge is 0.462 e. The molecule has 0 heterocycles. The summed E-state index contributed by atoms with van der Waals surface area (Å²) in [6, 6.07) is 0. The summed E-state index contributed by atoms with van der Waals surface area (Å²) in [5.74, 6) is -0.642. The molecule has 0 bridgehead atoms. The van der Waals surface area contributed by atoms with Gasteiger partial charge in [0.05, 0.1) is 26.4 Å². The Morgan fingerprint density at radius 1 is 0.303 bits per heavy atom. The molecule has 17 nitrogen and oxygen atoms in total. The monoisotopic (exact) mass is 1310 g/mol. The van der Waals surface area contributed by atoms with Gasteiger partial charge in [0.2, 0.25) is 0 Å². The van der Waals surface area contributed by atoms with E-state index >= 15 is 0 Å². The predicted octanol–water partition coefficient (Wildman–Crippen LogP) is 20.0. The number of ether oxygens (including phenoxy) is 4. The fraction of sp³-hybridized carbons (Fsp3) is 0.943. The predicted molar refractivity (Wildman–Crippen MR) is 358 cm³/mol. The van der Waals surface area contributed by atoms with E-state index in [1.807, 2.05) is 0 Å². The van der Waals surface area contributed by atoms with Crippen LogP contribution in [0.15, 0.2) is 0 Å². The van der Waals surface area contributed by atoms with Crippen molar-refractivity contribution < 1.29 is 80.2 Å². The number of rotatable bonds is 69. The second-order valence-corrected chi connectivity index (χ2v) is 29.1. The maximum Gasteiger partial charge on any atom is 0.472 e. The van der Waals surface area contributed by atoms with Crippen LogP contribution in [0.1, 0.15) is 356 Å². The number of hydrogen-bond donors (Lipinski definition) is 3. The van der Waals surface area contributed by atoms with E-state index in [0.717, 1.165) is 102 Å². The normalized spacial score (nSPS) is 14.1. The third-order valence-corrected chi connectivity index (χ3v) is 18.1. The number of carbonyl (C=O) groups is 4. The average molecular weight is 1310 g/mol. The van der Waals surface area contributed by atoms with Crippen LogP contribution in [0, 0.1) is 11.8 Å². The van der Waals surface area contributed by atoms with Gasteiger partial charge in [-0.25, -0.2) is 9.13 Å². The van der Waals surface area contributed by atoms with Gasteiger partial charge in [-0.2, -0.15) is 0 Å². The first-order chi connectivity index (χ1) is 42.9. The molecule has 0 saturated heterocycles. The lowest BCUT2D eigenvalue weighted by molar-refractivity contribution is -0.161. The van der Waals surface area contributed by atoms with E-state index in [9.17, 15) is 43.2 Å². The average Bonchev–Trinajstić information content (AvgIpc) is 3.51. The SMILES string of the molecule is CCCCCCCCCCCCCC(=O)OC[C@H](COP(=O)(O)OC[C@@H](O)COP(=O)(O)OC[C@@H](COC(=O)CCCCCCCCCC)OC(=O)CCCCCCCCC(C)C)OC(=O)CCCCCCCCCCCCCCCCCCCCC(C)C. The highest BCUT2D eigenvalue weighted by Crippen LogP contribution is 2.45. The Kier molecular flexibility index (Phi) is 60.8. The molecular formula is C70H136O17P2. The molecule has 89 heavy (non-hydrogen) atoms. The standard InChI is InChI=1S/C70H136O17P2/c1-7-9-11-13-15-17-26-30-34-41-47-53-68(73)81-58-65(86-69(74)54-48-42-35-31-28-25-23-21-19-18-20-22-24-27-29-32-38-44-50-62(3)4)60-84-88(76,77)82-56-64(71)57-83-89(78,79)85-61-66(59-80-67(72)52-46-40-33-16-14-12-10-8-2)87-70(75)55-49-43-37-36-39-45-51-63(5)6/h62-66,71H,7-61H2,1-6H3,(H,76,77)(H,78,79)/t64-,65-,66-/m1/s1.